The SMILES string of the molecule is CC.CCC1(C(C)C)CCc2ccccc21. The van der Waals surface area contributed by atoms with E-state index < -0.39 is 0 Å². The van der Waals surface area contributed by atoms with Crippen molar-refractivity contribution in [3.8, 4) is 0 Å². The van der Waals surface area contributed by atoms with Crippen molar-refractivity contribution in [3.05, 3.63) is 35.4 Å². The van der Waals surface area contributed by atoms with Crippen LogP contribution in [-0.4, -0.2) is 0 Å². The Morgan fingerprint density at radius 2 is 1.81 bits per heavy atom. The third kappa shape index (κ3) is 2.03. The molecule has 1 aromatic carbocycles. The third-order valence-corrected chi connectivity index (χ3v) is 4.13. The van der Waals surface area contributed by atoms with Crippen LogP contribution >= 0.6 is 0 Å². The lowest BCUT2D eigenvalue weighted by Gasteiger charge is -2.33. The van der Waals surface area contributed by atoms with Crippen LogP contribution in [0.5, 0.6) is 0 Å². The summed E-state index contributed by atoms with van der Waals surface area (Å²) in [6.45, 7) is 11.1. The first-order valence-corrected chi connectivity index (χ1v) is 6.79. The van der Waals surface area contributed by atoms with E-state index in [9.17, 15) is 0 Å². The summed E-state index contributed by atoms with van der Waals surface area (Å²) in [6, 6.07) is 9.00. The largest absolute Gasteiger partial charge is 0.0683 e. The molecule has 0 saturated carbocycles. The third-order valence-electron chi connectivity index (χ3n) is 4.13. The van der Waals surface area contributed by atoms with E-state index in [1.807, 2.05) is 13.8 Å². The normalized spacial score (nSPS) is 22.6. The minimum Gasteiger partial charge on any atom is -0.0683 e. The van der Waals surface area contributed by atoms with E-state index in [4.69, 9.17) is 0 Å². The Labute approximate surface area is 101 Å². The standard InChI is InChI=1S/C14H20.C2H6/c1-4-14(11(2)3)10-9-12-7-5-6-8-13(12)14;1-2/h5-8,11H,4,9-10H2,1-3H3;1-2H3. The molecule has 0 fully saturated rings. The van der Waals surface area contributed by atoms with E-state index in [1.54, 1.807) is 11.1 Å². The van der Waals surface area contributed by atoms with Gasteiger partial charge in [0, 0.05) is 0 Å². The Kier molecular flexibility index (Phi) is 4.58. The molecule has 16 heavy (non-hydrogen) atoms. The molecule has 0 saturated heterocycles. The fraction of sp³-hybridized carbons (Fsp3) is 0.625. The van der Waals surface area contributed by atoms with Crippen molar-refractivity contribution in [3.63, 3.8) is 0 Å². The molecule has 0 N–H and O–H groups in total. The van der Waals surface area contributed by atoms with Crippen LogP contribution in [0.2, 0.25) is 0 Å². The average Bonchev–Trinajstić information content (AvgIpc) is 2.72. The van der Waals surface area contributed by atoms with Gasteiger partial charge in [-0.05, 0) is 41.7 Å². The van der Waals surface area contributed by atoms with Crippen LogP contribution < -0.4 is 0 Å². The Hall–Kier alpha value is -0.780. The van der Waals surface area contributed by atoms with Crippen LogP contribution in [0.1, 0.15) is 58.6 Å². The highest BCUT2D eigenvalue weighted by Gasteiger charge is 2.39. The van der Waals surface area contributed by atoms with Crippen molar-refractivity contribution in [2.24, 2.45) is 5.92 Å². The van der Waals surface area contributed by atoms with Crippen LogP contribution in [0.15, 0.2) is 24.3 Å². The van der Waals surface area contributed by atoms with Crippen molar-refractivity contribution in [2.45, 2.75) is 59.3 Å². The highest BCUT2D eigenvalue weighted by Crippen LogP contribution is 2.46. The molecule has 1 aromatic rings. The zero-order valence-corrected chi connectivity index (χ0v) is 11.5. The first-order chi connectivity index (χ1) is 7.70. The van der Waals surface area contributed by atoms with Crippen LogP contribution in [0, 0.1) is 5.92 Å². The van der Waals surface area contributed by atoms with Gasteiger partial charge in [0.25, 0.3) is 0 Å². The van der Waals surface area contributed by atoms with E-state index >= 15 is 0 Å². The molecule has 0 aromatic heterocycles. The molecular formula is C16H26. The maximum Gasteiger partial charge on any atom is -0.00207 e. The van der Waals surface area contributed by atoms with Gasteiger partial charge in [-0.25, -0.2) is 0 Å². The second-order valence-corrected chi connectivity index (χ2v) is 4.82. The number of hydrogen-bond acceptors (Lipinski definition) is 0. The summed E-state index contributed by atoms with van der Waals surface area (Å²) in [5, 5.41) is 0. The van der Waals surface area contributed by atoms with Gasteiger partial charge in [-0.2, -0.15) is 0 Å². The topological polar surface area (TPSA) is 0 Å². The van der Waals surface area contributed by atoms with Gasteiger partial charge in [-0.1, -0.05) is 58.9 Å². The molecule has 0 spiro atoms. The molecule has 1 aliphatic rings. The molecular weight excluding hydrogens is 192 g/mol. The summed E-state index contributed by atoms with van der Waals surface area (Å²) in [5.74, 6) is 0.760. The molecule has 0 aliphatic heterocycles. The maximum absolute atomic E-state index is 2.37. The molecule has 1 aliphatic carbocycles. The van der Waals surface area contributed by atoms with Gasteiger partial charge in [0.2, 0.25) is 0 Å². The number of fused-ring (bicyclic) bond motifs is 1. The summed E-state index contributed by atoms with van der Waals surface area (Å²) in [7, 11) is 0. The highest BCUT2D eigenvalue weighted by molar-refractivity contribution is 5.39. The van der Waals surface area contributed by atoms with Crippen LogP contribution in [0.3, 0.4) is 0 Å². The Morgan fingerprint density at radius 3 is 2.38 bits per heavy atom. The Balaban J connectivity index is 0.000000606. The number of aryl methyl sites for hydroxylation is 1. The average molecular weight is 218 g/mol. The molecule has 0 amide bonds. The predicted octanol–water partition coefficient (Wildman–Crippen LogP) is 4.96. The number of benzene rings is 1. The van der Waals surface area contributed by atoms with E-state index in [0.29, 0.717) is 5.41 Å². The lowest BCUT2D eigenvalue weighted by molar-refractivity contribution is 0.294. The van der Waals surface area contributed by atoms with Crippen LogP contribution in [0.25, 0.3) is 0 Å². The summed E-state index contributed by atoms with van der Waals surface area (Å²) in [6.07, 6.45) is 3.91. The second-order valence-electron chi connectivity index (χ2n) is 4.82. The molecule has 0 radical (unpaired) electrons. The highest BCUT2D eigenvalue weighted by atomic mass is 14.4. The van der Waals surface area contributed by atoms with Gasteiger partial charge in [0.05, 0.1) is 0 Å². The second kappa shape index (κ2) is 5.52. The first kappa shape index (κ1) is 13.3. The molecule has 0 nitrogen and oxygen atoms in total. The predicted molar refractivity (Wildman–Crippen MR) is 72.9 cm³/mol. The van der Waals surface area contributed by atoms with Gasteiger partial charge in [-0.3, -0.25) is 0 Å². The van der Waals surface area contributed by atoms with Gasteiger partial charge >= 0.3 is 0 Å². The Bertz CT molecular complexity index is 325. The van der Waals surface area contributed by atoms with Crippen molar-refractivity contribution in [2.75, 3.05) is 0 Å². The molecule has 90 valence electrons. The smallest absolute Gasteiger partial charge is 0.00207 e. The van der Waals surface area contributed by atoms with Crippen molar-refractivity contribution in [1.29, 1.82) is 0 Å². The summed E-state index contributed by atoms with van der Waals surface area (Å²) in [4.78, 5) is 0. The molecule has 0 bridgehead atoms. The summed E-state index contributed by atoms with van der Waals surface area (Å²) >= 11 is 0. The van der Waals surface area contributed by atoms with E-state index in [1.165, 1.54) is 19.3 Å². The quantitative estimate of drug-likeness (QED) is 0.658. The molecule has 1 atom stereocenters. The van der Waals surface area contributed by atoms with Gasteiger partial charge < -0.3 is 0 Å². The fourth-order valence-corrected chi connectivity index (χ4v) is 3.09. The molecule has 0 heteroatoms. The number of hydrogen-bond donors (Lipinski definition) is 0. The van der Waals surface area contributed by atoms with Crippen LogP contribution in [-0.2, 0) is 11.8 Å². The Morgan fingerprint density at radius 1 is 1.19 bits per heavy atom. The van der Waals surface area contributed by atoms with Crippen LogP contribution in [0.4, 0.5) is 0 Å². The van der Waals surface area contributed by atoms with Crippen molar-refractivity contribution >= 4 is 0 Å². The van der Waals surface area contributed by atoms with Gasteiger partial charge in [0.1, 0.15) is 0 Å². The fourth-order valence-electron chi connectivity index (χ4n) is 3.09. The minimum absolute atomic E-state index is 0.469. The summed E-state index contributed by atoms with van der Waals surface area (Å²) < 4.78 is 0. The van der Waals surface area contributed by atoms with Crippen molar-refractivity contribution in [1.82, 2.24) is 0 Å². The van der Waals surface area contributed by atoms with Gasteiger partial charge in [-0.15, -0.1) is 0 Å². The maximum atomic E-state index is 2.37. The summed E-state index contributed by atoms with van der Waals surface area (Å²) in [5.41, 5.74) is 3.68. The monoisotopic (exact) mass is 218 g/mol. The van der Waals surface area contributed by atoms with E-state index in [2.05, 4.69) is 45.0 Å². The minimum atomic E-state index is 0.469. The van der Waals surface area contributed by atoms with E-state index in [-0.39, 0.29) is 0 Å². The number of rotatable bonds is 2. The van der Waals surface area contributed by atoms with Crippen molar-refractivity contribution < 1.29 is 0 Å². The lowest BCUT2D eigenvalue weighted by Crippen LogP contribution is -2.28. The zero-order chi connectivity index (χ0) is 12.2. The first-order valence-electron chi connectivity index (χ1n) is 6.79. The lowest BCUT2D eigenvalue weighted by atomic mass is 9.71. The molecule has 1 unspecified atom stereocenters. The van der Waals surface area contributed by atoms with Gasteiger partial charge in [0.15, 0.2) is 0 Å². The molecule has 0 heterocycles. The zero-order valence-electron chi connectivity index (χ0n) is 11.5. The molecule has 2 rings (SSSR count). The van der Waals surface area contributed by atoms with E-state index in [0.717, 1.165) is 5.92 Å².